The number of methoxy groups -OCH3 is 2. The molecular weight excluding hydrogens is 484 g/mol. The SMILES string of the molecule is CC=C(C)C(=O)OC1C(C)(O)C(C)C2OC13CC(=O)C(OC)=C(OC)C31COc3c4c(cc2c31)OCO4. The number of rotatable bonds is 4. The molecule has 6 unspecified atom stereocenters. The van der Waals surface area contributed by atoms with E-state index in [1.807, 2.05) is 13.0 Å². The molecule has 0 aromatic heterocycles. The highest BCUT2D eigenvalue weighted by Gasteiger charge is 2.79. The van der Waals surface area contributed by atoms with Crippen LogP contribution in [0.5, 0.6) is 17.2 Å². The molecule has 1 saturated heterocycles. The third-order valence-corrected chi connectivity index (χ3v) is 8.86. The van der Waals surface area contributed by atoms with Crippen molar-refractivity contribution >= 4 is 11.8 Å². The van der Waals surface area contributed by atoms with Gasteiger partial charge in [-0.25, -0.2) is 4.79 Å². The first-order valence-electron chi connectivity index (χ1n) is 12.3. The molecule has 1 aromatic rings. The fourth-order valence-corrected chi connectivity index (χ4v) is 6.79. The third-order valence-electron chi connectivity index (χ3n) is 8.86. The summed E-state index contributed by atoms with van der Waals surface area (Å²) in [6.45, 7) is 6.81. The summed E-state index contributed by atoms with van der Waals surface area (Å²) in [5, 5.41) is 12.1. The zero-order valence-electron chi connectivity index (χ0n) is 21.6. The zero-order chi connectivity index (χ0) is 26.5. The first-order valence-corrected chi connectivity index (χ1v) is 12.3. The molecular formula is C27H30O10. The normalized spacial score (nSPS) is 37.0. The Morgan fingerprint density at radius 2 is 1.95 bits per heavy atom. The maximum absolute atomic E-state index is 13.6. The number of carbonyl (C=O) groups is 2. The van der Waals surface area contributed by atoms with Crippen molar-refractivity contribution < 1.29 is 47.9 Å². The minimum Gasteiger partial charge on any atom is -0.496 e. The highest BCUT2D eigenvalue weighted by atomic mass is 16.7. The monoisotopic (exact) mass is 514 g/mol. The van der Waals surface area contributed by atoms with Crippen molar-refractivity contribution in [1.82, 2.24) is 0 Å². The molecule has 1 aliphatic carbocycles. The Morgan fingerprint density at radius 3 is 2.62 bits per heavy atom. The van der Waals surface area contributed by atoms with E-state index in [0.29, 0.717) is 28.4 Å². The maximum Gasteiger partial charge on any atom is 0.333 e. The molecule has 2 spiro atoms. The van der Waals surface area contributed by atoms with Gasteiger partial charge in [0.25, 0.3) is 0 Å². The van der Waals surface area contributed by atoms with Crippen LogP contribution in [-0.4, -0.2) is 61.8 Å². The Labute approximate surface area is 214 Å². The minimum atomic E-state index is -1.60. The summed E-state index contributed by atoms with van der Waals surface area (Å²) in [5.74, 6) is 0.0958. The van der Waals surface area contributed by atoms with Crippen molar-refractivity contribution in [2.75, 3.05) is 27.6 Å². The molecule has 5 aliphatic rings. The van der Waals surface area contributed by atoms with Crippen molar-refractivity contribution in [1.29, 1.82) is 0 Å². The number of fused-ring (bicyclic) bond motifs is 4. The molecule has 1 N–H and O–H groups in total. The highest BCUT2D eigenvalue weighted by Crippen LogP contribution is 2.70. The van der Waals surface area contributed by atoms with E-state index >= 15 is 0 Å². The summed E-state index contributed by atoms with van der Waals surface area (Å²) in [6, 6.07) is 1.84. The summed E-state index contributed by atoms with van der Waals surface area (Å²) in [4.78, 5) is 26.7. The standard InChI is InChI=1S/C27H30O10/c1-7-12(2)23(29)36-24-25(4,30)13(3)18-14-8-16-20(35-11-34-16)21-17(14)26(10-33-21)22(32-6)19(31-5)15(28)9-27(24,26)37-18/h7-8,13,18,24,30H,9-11H2,1-6H3. The average molecular weight is 515 g/mol. The number of carbonyl (C=O) groups excluding carboxylic acids is 2. The van der Waals surface area contributed by atoms with Crippen LogP contribution in [0, 0.1) is 5.92 Å². The second-order valence-corrected chi connectivity index (χ2v) is 10.5. The van der Waals surface area contributed by atoms with Crippen molar-refractivity contribution in [3.8, 4) is 17.2 Å². The zero-order valence-corrected chi connectivity index (χ0v) is 21.6. The van der Waals surface area contributed by atoms with Gasteiger partial charge in [-0.1, -0.05) is 13.0 Å². The van der Waals surface area contributed by atoms with Gasteiger partial charge >= 0.3 is 5.97 Å². The topological polar surface area (TPSA) is 119 Å². The van der Waals surface area contributed by atoms with Gasteiger partial charge in [0.1, 0.15) is 23.2 Å². The van der Waals surface area contributed by atoms with E-state index in [0.717, 1.165) is 5.56 Å². The van der Waals surface area contributed by atoms with Gasteiger partial charge in [0, 0.05) is 23.5 Å². The van der Waals surface area contributed by atoms with Gasteiger partial charge in [0.05, 0.1) is 20.3 Å². The molecule has 4 aliphatic heterocycles. The lowest BCUT2D eigenvalue weighted by Crippen LogP contribution is -2.77. The van der Waals surface area contributed by atoms with Gasteiger partial charge in [-0.2, -0.15) is 0 Å². The van der Waals surface area contributed by atoms with Crippen molar-refractivity contribution in [3.63, 3.8) is 0 Å². The smallest absolute Gasteiger partial charge is 0.333 e. The lowest BCUT2D eigenvalue weighted by Gasteiger charge is -2.64. The maximum atomic E-state index is 13.6. The van der Waals surface area contributed by atoms with Gasteiger partial charge in [-0.15, -0.1) is 0 Å². The van der Waals surface area contributed by atoms with Gasteiger partial charge in [-0.3, -0.25) is 4.79 Å². The van der Waals surface area contributed by atoms with E-state index in [2.05, 4.69) is 0 Å². The molecule has 198 valence electrons. The molecule has 4 heterocycles. The van der Waals surface area contributed by atoms with Crippen LogP contribution in [0.3, 0.4) is 0 Å². The van der Waals surface area contributed by atoms with Crippen LogP contribution < -0.4 is 14.2 Å². The van der Waals surface area contributed by atoms with Gasteiger partial charge in [0.15, 0.2) is 23.4 Å². The van der Waals surface area contributed by atoms with Crippen LogP contribution in [0.1, 0.15) is 51.3 Å². The molecule has 6 atom stereocenters. The fourth-order valence-electron chi connectivity index (χ4n) is 6.79. The first-order chi connectivity index (χ1) is 17.6. The second-order valence-electron chi connectivity index (χ2n) is 10.5. The Hall–Kier alpha value is -3.24. The number of esters is 1. The number of benzene rings is 1. The Bertz CT molecular complexity index is 1290. The summed E-state index contributed by atoms with van der Waals surface area (Å²) in [7, 11) is 2.84. The van der Waals surface area contributed by atoms with Crippen LogP contribution in [0.2, 0.25) is 0 Å². The summed E-state index contributed by atoms with van der Waals surface area (Å²) in [5.41, 5.74) is -2.65. The summed E-state index contributed by atoms with van der Waals surface area (Å²) >= 11 is 0. The number of hydrogen-bond donors (Lipinski definition) is 1. The Morgan fingerprint density at radius 1 is 1.19 bits per heavy atom. The van der Waals surface area contributed by atoms with Crippen molar-refractivity contribution in [2.45, 2.75) is 62.9 Å². The molecule has 6 rings (SSSR count). The lowest BCUT2D eigenvalue weighted by atomic mass is 9.51. The van der Waals surface area contributed by atoms with E-state index in [4.69, 9.17) is 33.2 Å². The predicted octanol–water partition coefficient (Wildman–Crippen LogP) is 2.61. The number of Topliss-reactive ketones (excluding diaryl/α,β-unsaturated/α-hetero) is 1. The van der Waals surface area contributed by atoms with E-state index in [9.17, 15) is 14.7 Å². The molecule has 10 heteroatoms. The Kier molecular flexibility index (Phi) is 4.98. The molecule has 2 bridgehead atoms. The molecule has 0 saturated carbocycles. The number of hydrogen-bond acceptors (Lipinski definition) is 10. The third kappa shape index (κ3) is 2.67. The number of aliphatic hydroxyl groups is 1. The summed E-state index contributed by atoms with van der Waals surface area (Å²) < 4.78 is 42.2. The second kappa shape index (κ2) is 7.64. The largest absolute Gasteiger partial charge is 0.496 e. The van der Waals surface area contributed by atoms with E-state index < -0.39 is 46.5 Å². The van der Waals surface area contributed by atoms with Gasteiger partial charge in [0.2, 0.25) is 24.1 Å². The van der Waals surface area contributed by atoms with Crippen molar-refractivity contribution in [2.24, 2.45) is 5.92 Å². The lowest BCUT2D eigenvalue weighted by molar-refractivity contribution is -0.319. The number of ether oxygens (including phenoxy) is 7. The van der Waals surface area contributed by atoms with Crippen LogP contribution in [0.15, 0.2) is 29.2 Å². The summed E-state index contributed by atoms with van der Waals surface area (Å²) in [6.07, 6.45) is -0.523. The molecule has 1 aromatic carbocycles. The minimum absolute atomic E-state index is 0.0215. The van der Waals surface area contributed by atoms with E-state index in [1.54, 1.807) is 26.8 Å². The predicted molar refractivity (Wildman–Crippen MR) is 126 cm³/mol. The van der Waals surface area contributed by atoms with Crippen LogP contribution >= 0.6 is 0 Å². The van der Waals surface area contributed by atoms with E-state index in [1.165, 1.54) is 14.2 Å². The van der Waals surface area contributed by atoms with Crippen LogP contribution in [0.4, 0.5) is 0 Å². The fraction of sp³-hybridized carbons (Fsp3) is 0.556. The molecule has 37 heavy (non-hydrogen) atoms. The van der Waals surface area contributed by atoms with Crippen molar-refractivity contribution in [3.05, 3.63) is 40.4 Å². The molecule has 1 fully saturated rings. The van der Waals surface area contributed by atoms with Gasteiger partial charge < -0.3 is 38.3 Å². The van der Waals surface area contributed by atoms with E-state index in [-0.39, 0.29) is 31.3 Å². The Balaban J connectivity index is 1.71. The van der Waals surface area contributed by atoms with Gasteiger partial charge in [-0.05, 0) is 32.4 Å². The number of ketones is 1. The van der Waals surface area contributed by atoms with Crippen LogP contribution in [-0.2, 0) is 34.0 Å². The van der Waals surface area contributed by atoms with Crippen LogP contribution in [0.25, 0.3) is 0 Å². The quantitative estimate of drug-likeness (QED) is 0.474. The molecule has 0 radical (unpaired) electrons. The highest BCUT2D eigenvalue weighted by molar-refractivity contribution is 5.98. The molecule has 10 nitrogen and oxygen atoms in total. The molecule has 0 amide bonds. The average Bonchev–Trinajstić information content (AvgIpc) is 3.51. The first kappa shape index (κ1) is 24.1. The number of allylic oxidation sites excluding steroid dienone is 2.